The van der Waals surface area contributed by atoms with Gasteiger partial charge in [0.25, 0.3) is 0 Å². The van der Waals surface area contributed by atoms with Gasteiger partial charge in [-0.25, -0.2) is 4.79 Å². The molecular weight excluding hydrogens is 338 g/mol. The molecule has 2 heterocycles. The van der Waals surface area contributed by atoms with Crippen LogP contribution < -0.4 is 15.4 Å². The van der Waals surface area contributed by atoms with Crippen LogP contribution in [0.2, 0.25) is 0 Å². The van der Waals surface area contributed by atoms with Crippen molar-refractivity contribution < 1.29 is 14.3 Å². The Labute approximate surface area is 153 Å². The third-order valence-corrected chi connectivity index (χ3v) is 6.00. The summed E-state index contributed by atoms with van der Waals surface area (Å²) in [5, 5.41) is 5.97. The summed E-state index contributed by atoms with van der Waals surface area (Å²) in [6.07, 6.45) is 1.11. The van der Waals surface area contributed by atoms with Gasteiger partial charge < -0.3 is 20.1 Å². The minimum Gasteiger partial charge on any atom is -0.494 e. The Kier molecular flexibility index (Phi) is 6.45. The number of nitrogens with zero attached hydrogens (tertiary/aromatic N) is 1. The number of ether oxygens (including phenoxy) is 2. The maximum Gasteiger partial charge on any atom is 0.319 e. The Bertz CT molecular complexity index is 555. The van der Waals surface area contributed by atoms with Crippen LogP contribution in [-0.4, -0.2) is 67.4 Å². The van der Waals surface area contributed by atoms with Crippen LogP contribution >= 0.6 is 11.8 Å². The monoisotopic (exact) mass is 365 g/mol. The zero-order valence-electron chi connectivity index (χ0n) is 14.8. The number of carbonyl (C=O) groups excluding carboxylic acids is 1. The van der Waals surface area contributed by atoms with Crippen molar-refractivity contribution in [2.45, 2.75) is 18.9 Å². The molecule has 25 heavy (non-hydrogen) atoms. The number of thioether (sulfide) groups is 1. The van der Waals surface area contributed by atoms with E-state index in [1.54, 1.807) is 0 Å². The molecule has 1 unspecified atom stereocenters. The highest BCUT2D eigenvalue weighted by Gasteiger charge is 2.40. The van der Waals surface area contributed by atoms with Gasteiger partial charge >= 0.3 is 6.03 Å². The van der Waals surface area contributed by atoms with Gasteiger partial charge in [0.2, 0.25) is 0 Å². The van der Waals surface area contributed by atoms with Gasteiger partial charge in [0, 0.05) is 36.6 Å². The zero-order valence-corrected chi connectivity index (χ0v) is 15.6. The average Bonchev–Trinajstić information content (AvgIpc) is 3.13. The molecule has 2 saturated heterocycles. The largest absolute Gasteiger partial charge is 0.494 e. The number of benzene rings is 1. The number of hydrogen-bond acceptors (Lipinski definition) is 5. The second-order valence-electron chi connectivity index (χ2n) is 6.39. The molecule has 0 aliphatic carbocycles. The molecule has 2 aliphatic rings. The summed E-state index contributed by atoms with van der Waals surface area (Å²) in [5.41, 5.74) is 0.826. The molecule has 1 aromatic carbocycles. The number of anilines is 1. The zero-order chi connectivity index (χ0) is 17.5. The molecule has 6 nitrogen and oxygen atoms in total. The predicted molar refractivity (Wildman–Crippen MR) is 102 cm³/mol. The number of carbonyl (C=O) groups is 1. The summed E-state index contributed by atoms with van der Waals surface area (Å²) in [7, 11) is 0. The van der Waals surface area contributed by atoms with Gasteiger partial charge in [0.05, 0.1) is 19.8 Å². The smallest absolute Gasteiger partial charge is 0.319 e. The Balaban J connectivity index is 1.53. The Morgan fingerprint density at radius 2 is 2.08 bits per heavy atom. The van der Waals surface area contributed by atoms with Crippen molar-refractivity contribution >= 4 is 23.5 Å². The first-order valence-corrected chi connectivity index (χ1v) is 10.1. The number of urea groups is 1. The molecule has 2 aliphatic heterocycles. The number of nitrogens with one attached hydrogen (secondary N) is 2. The van der Waals surface area contributed by atoms with Crippen molar-refractivity contribution in [3.8, 4) is 5.75 Å². The van der Waals surface area contributed by atoms with Gasteiger partial charge in [-0.05, 0) is 43.4 Å². The normalized spacial score (nSPS) is 24.0. The highest BCUT2D eigenvalue weighted by molar-refractivity contribution is 7.99. The van der Waals surface area contributed by atoms with Crippen LogP contribution in [0.5, 0.6) is 5.75 Å². The van der Waals surface area contributed by atoms with E-state index in [4.69, 9.17) is 9.47 Å². The summed E-state index contributed by atoms with van der Waals surface area (Å²) >= 11 is 1.97. The molecule has 2 N–H and O–H groups in total. The highest BCUT2D eigenvalue weighted by Crippen LogP contribution is 2.33. The topological polar surface area (TPSA) is 62.8 Å². The number of amides is 2. The average molecular weight is 365 g/mol. The minimum atomic E-state index is -0.159. The first-order chi connectivity index (χ1) is 12.2. The van der Waals surface area contributed by atoms with E-state index in [9.17, 15) is 4.79 Å². The molecule has 3 rings (SSSR count). The van der Waals surface area contributed by atoms with Crippen LogP contribution in [0, 0.1) is 0 Å². The third kappa shape index (κ3) is 4.80. The highest BCUT2D eigenvalue weighted by atomic mass is 32.2. The van der Waals surface area contributed by atoms with Gasteiger partial charge in [-0.3, -0.25) is 4.90 Å². The van der Waals surface area contributed by atoms with Crippen molar-refractivity contribution in [3.05, 3.63) is 24.3 Å². The molecule has 1 aromatic rings. The summed E-state index contributed by atoms with van der Waals surface area (Å²) in [6.45, 7) is 6.71. The first kappa shape index (κ1) is 18.4. The van der Waals surface area contributed by atoms with Gasteiger partial charge in [-0.2, -0.15) is 11.8 Å². The first-order valence-electron chi connectivity index (χ1n) is 8.90. The Hall–Kier alpha value is -1.44. The molecule has 0 radical (unpaired) electrons. The van der Waals surface area contributed by atoms with E-state index in [1.165, 1.54) is 0 Å². The predicted octanol–water partition coefficient (Wildman–Crippen LogP) is 2.41. The summed E-state index contributed by atoms with van der Waals surface area (Å²) < 4.78 is 10.9. The van der Waals surface area contributed by atoms with E-state index in [1.807, 2.05) is 43.0 Å². The lowest BCUT2D eigenvalue weighted by Gasteiger charge is -2.43. The van der Waals surface area contributed by atoms with E-state index < -0.39 is 0 Å². The Morgan fingerprint density at radius 3 is 2.72 bits per heavy atom. The number of rotatable bonds is 6. The Morgan fingerprint density at radius 1 is 1.32 bits per heavy atom. The maximum absolute atomic E-state index is 12.3. The minimum absolute atomic E-state index is 0.0601. The molecule has 0 aromatic heterocycles. The molecule has 7 heteroatoms. The summed E-state index contributed by atoms with van der Waals surface area (Å²) in [6, 6.07) is 7.28. The van der Waals surface area contributed by atoms with Crippen molar-refractivity contribution in [1.29, 1.82) is 0 Å². The van der Waals surface area contributed by atoms with E-state index >= 15 is 0 Å². The standard InChI is InChI=1S/C18H27N3O3S/c1-2-24-16-5-3-15(4-6-16)20-17(22)19-13-18(7-12-25-14-18)21-8-10-23-11-9-21/h3-6H,2,7-14H2,1H3,(H2,19,20,22). The van der Waals surface area contributed by atoms with Crippen LogP contribution in [0.25, 0.3) is 0 Å². The molecule has 0 saturated carbocycles. The molecule has 2 amide bonds. The van der Waals surface area contributed by atoms with Crippen molar-refractivity contribution in [2.75, 3.05) is 56.3 Å². The van der Waals surface area contributed by atoms with Crippen molar-refractivity contribution in [3.63, 3.8) is 0 Å². The van der Waals surface area contributed by atoms with Crippen LogP contribution in [0.1, 0.15) is 13.3 Å². The van der Waals surface area contributed by atoms with E-state index in [0.29, 0.717) is 13.2 Å². The second-order valence-corrected chi connectivity index (χ2v) is 7.50. The fourth-order valence-corrected chi connectivity index (χ4v) is 4.83. The van der Waals surface area contributed by atoms with Gasteiger partial charge in [0.15, 0.2) is 0 Å². The third-order valence-electron chi connectivity index (χ3n) is 4.77. The molecular formula is C18H27N3O3S. The second kappa shape index (κ2) is 8.78. The molecule has 1 atom stereocenters. The van der Waals surface area contributed by atoms with E-state index in [0.717, 1.165) is 55.7 Å². The molecule has 138 valence electrons. The van der Waals surface area contributed by atoms with Crippen molar-refractivity contribution in [1.82, 2.24) is 10.2 Å². The summed E-state index contributed by atoms with van der Waals surface area (Å²) in [5.74, 6) is 3.03. The van der Waals surface area contributed by atoms with Crippen molar-refractivity contribution in [2.24, 2.45) is 0 Å². The quantitative estimate of drug-likeness (QED) is 0.811. The molecule has 0 spiro atoms. The van der Waals surface area contributed by atoms with Crippen LogP contribution in [-0.2, 0) is 4.74 Å². The van der Waals surface area contributed by atoms with Gasteiger partial charge in [-0.15, -0.1) is 0 Å². The maximum atomic E-state index is 12.3. The number of morpholine rings is 1. The lowest BCUT2D eigenvalue weighted by atomic mass is 9.95. The molecule has 0 bridgehead atoms. The number of hydrogen-bond donors (Lipinski definition) is 2. The fourth-order valence-electron chi connectivity index (χ4n) is 3.36. The SMILES string of the molecule is CCOc1ccc(NC(=O)NCC2(N3CCOCC3)CCSC2)cc1. The van der Waals surface area contributed by atoms with Crippen LogP contribution in [0.4, 0.5) is 10.5 Å². The summed E-state index contributed by atoms with van der Waals surface area (Å²) in [4.78, 5) is 14.8. The van der Waals surface area contributed by atoms with E-state index in [-0.39, 0.29) is 11.6 Å². The fraction of sp³-hybridized carbons (Fsp3) is 0.611. The van der Waals surface area contributed by atoms with Crippen LogP contribution in [0.3, 0.4) is 0 Å². The molecule has 2 fully saturated rings. The van der Waals surface area contributed by atoms with Gasteiger partial charge in [-0.1, -0.05) is 0 Å². The lowest BCUT2D eigenvalue weighted by Crippen LogP contribution is -2.59. The van der Waals surface area contributed by atoms with E-state index in [2.05, 4.69) is 15.5 Å². The van der Waals surface area contributed by atoms with Crippen LogP contribution in [0.15, 0.2) is 24.3 Å². The lowest BCUT2D eigenvalue weighted by molar-refractivity contribution is -0.0123. The van der Waals surface area contributed by atoms with Gasteiger partial charge in [0.1, 0.15) is 5.75 Å².